The molecule has 9 atom stereocenters. The standard InChI is InChI=1S/C24H26N4O4.C23H24N4O5.C22H21FN4O4/c1-12-5-7-18(14(3)25-12)16-6-8-19-17(9-16)10-24(21(29)26-23(31)27-22(24)30)20-15(4)32-13(2)11-28(19)20;1-12-11-27-17-6-4-14(15-5-7-18(31-3)24-10-15)8-16(17)9-23(19(27)13(2)32-12)20(28)25-22(30)26-21(23)29;1-11-10-27-16-5-3-13(14-4-6-17(23)24-9-14)7-15(16)8-22(18(27)12(2)31-11)19(28)25-21(30)26-20(22)29/h5-9,13,15,20H,10-11H2,1-4H3,(H2,26,27,29,30,31);4-8,10,12-13,19H,9,11H2,1-3H3,(H2,25,26,28,29,30);3-7,9,11-12,18H,8,10H2,1-2H3,(H2,25,26,28,29,30)/t13-,15+,20-;12-,13+,19-;11-,12+,18-/m111/s1. The van der Waals surface area contributed by atoms with Gasteiger partial charge in [-0.3, -0.25) is 65.7 Å². The van der Waals surface area contributed by atoms with Crippen molar-refractivity contribution >= 4 is 70.6 Å². The average Bonchev–Trinajstić information content (AvgIpc) is 0.725. The molecule has 3 aromatic carbocycles. The summed E-state index contributed by atoms with van der Waals surface area (Å²) in [6.45, 7) is 17.0. The van der Waals surface area contributed by atoms with E-state index in [1.54, 1.807) is 25.4 Å². The van der Waals surface area contributed by atoms with E-state index in [-0.39, 0.29) is 49.8 Å². The Morgan fingerprint density at radius 1 is 0.453 bits per heavy atom. The van der Waals surface area contributed by atoms with Gasteiger partial charge in [0.2, 0.25) is 47.3 Å². The number of aromatic nitrogens is 3. The molecule has 12 heterocycles. The molecule has 26 heteroatoms. The number of methoxy groups -OCH3 is 1. The molecular formula is C69H71FN12O13. The van der Waals surface area contributed by atoms with Crippen LogP contribution in [0.2, 0.25) is 0 Å². The summed E-state index contributed by atoms with van der Waals surface area (Å²) in [4.78, 5) is 133. The minimum Gasteiger partial charge on any atom is -0.481 e. The van der Waals surface area contributed by atoms with Gasteiger partial charge in [-0.15, -0.1) is 0 Å². The number of rotatable bonds is 4. The smallest absolute Gasteiger partial charge is 0.328 e. The molecule has 3 aromatic heterocycles. The van der Waals surface area contributed by atoms with Gasteiger partial charge in [-0.05, 0) is 169 Å². The van der Waals surface area contributed by atoms with E-state index >= 15 is 0 Å². The fourth-order valence-electron chi connectivity index (χ4n) is 16.1. The fraction of sp³-hybridized carbons (Fsp3) is 0.391. The van der Waals surface area contributed by atoms with Crippen LogP contribution in [0.1, 0.15) is 69.6 Å². The van der Waals surface area contributed by atoms with Gasteiger partial charge < -0.3 is 33.6 Å². The number of benzene rings is 3. The van der Waals surface area contributed by atoms with Crippen LogP contribution < -0.4 is 51.3 Å². The van der Waals surface area contributed by atoms with Crippen LogP contribution >= 0.6 is 0 Å². The van der Waals surface area contributed by atoms with Crippen molar-refractivity contribution < 1.29 is 66.5 Å². The minimum atomic E-state index is -1.51. The van der Waals surface area contributed by atoms with Crippen LogP contribution in [0.4, 0.5) is 35.8 Å². The maximum absolute atomic E-state index is 13.2. The molecule has 3 spiro atoms. The van der Waals surface area contributed by atoms with Gasteiger partial charge in [-0.25, -0.2) is 24.4 Å². The number of urea groups is 3. The van der Waals surface area contributed by atoms with Crippen LogP contribution in [0.15, 0.2) is 103 Å². The van der Waals surface area contributed by atoms with Crippen LogP contribution in [0.3, 0.4) is 0 Å². The Morgan fingerprint density at radius 3 is 1.14 bits per heavy atom. The van der Waals surface area contributed by atoms with E-state index < -0.39 is 100.0 Å². The first-order chi connectivity index (χ1) is 45.3. The van der Waals surface area contributed by atoms with Crippen molar-refractivity contribution in [3.8, 4) is 39.3 Å². The number of anilines is 3. The molecule has 0 bridgehead atoms. The molecule has 0 saturated carbocycles. The normalized spacial score (nSPS) is 26.4. The van der Waals surface area contributed by atoms with E-state index in [0.717, 1.165) is 78.5 Å². The zero-order valence-electron chi connectivity index (χ0n) is 53.6. The molecule has 6 aromatic rings. The van der Waals surface area contributed by atoms with Gasteiger partial charge in [0.15, 0.2) is 16.2 Å². The van der Waals surface area contributed by atoms with Crippen LogP contribution in [0.25, 0.3) is 33.4 Å². The topological polar surface area (TPSA) is 311 Å². The Hall–Kier alpha value is -10.0. The third-order valence-electron chi connectivity index (χ3n) is 19.8. The summed E-state index contributed by atoms with van der Waals surface area (Å²) in [5.74, 6) is -3.63. The van der Waals surface area contributed by atoms with Gasteiger partial charge in [-0.2, -0.15) is 4.39 Å². The molecular weight excluding hydrogens is 1220 g/mol. The van der Waals surface area contributed by atoms with E-state index in [0.29, 0.717) is 25.5 Å². The van der Waals surface area contributed by atoms with Crippen LogP contribution in [-0.4, -0.2) is 150 Å². The second kappa shape index (κ2) is 24.1. The van der Waals surface area contributed by atoms with Crippen molar-refractivity contribution in [2.75, 3.05) is 41.4 Å². The number of aryl methyl sites for hydroxylation is 2. The maximum atomic E-state index is 13.2. The van der Waals surface area contributed by atoms with Crippen molar-refractivity contribution in [2.45, 2.75) is 129 Å². The lowest BCUT2D eigenvalue weighted by molar-refractivity contribution is -0.154. The highest BCUT2D eigenvalue weighted by atomic mass is 19.1. The molecule has 9 aliphatic rings. The predicted octanol–water partition coefficient (Wildman–Crippen LogP) is 5.68. The highest BCUT2D eigenvalue weighted by Gasteiger charge is 2.66. The quantitative estimate of drug-likeness (QED) is 0.0913. The lowest BCUT2D eigenvalue weighted by atomic mass is 9.66. The molecule has 15 rings (SSSR count). The molecule has 6 saturated heterocycles. The first-order valence-corrected chi connectivity index (χ1v) is 31.6. The number of nitrogens with one attached hydrogen (secondary N) is 6. The molecule has 25 nitrogen and oxygen atoms in total. The second-order valence-corrected chi connectivity index (χ2v) is 26.0. The lowest BCUT2D eigenvalue weighted by Gasteiger charge is -2.55. The zero-order chi connectivity index (χ0) is 67.3. The van der Waals surface area contributed by atoms with Crippen molar-refractivity contribution in [3.05, 3.63) is 137 Å². The van der Waals surface area contributed by atoms with E-state index in [4.69, 9.17) is 18.9 Å². The number of imide groups is 6. The lowest BCUT2D eigenvalue weighted by Crippen LogP contribution is -2.75. The highest BCUT2D eigenvalue weighted by molar-refractivity contribution is 6.22. The molecule has 95 heavy (non-hydrogen) atoms. The summed E-state index contributed by atoms with van der Waals surface area (Å²) >= 11 is 0. The summed E-state index contributed by atoms with van der Waals surface area (Å²) in [6, 6.07) is 24.5. The van der Waals surface area contributed by atoms with Gasteiger partial charge in [0.05, 0.1) is 61.9 Å². The Morgan fingerprint density at radius 2 is 0.800 bits per heavy atom. The maximum Gasteiger partial charge on any atom is 0.328 e. The largest absolute Gasteiger partial charge is 0.481 e. The summed E-state index contributed by atoms with van der Waals surface area (Å²) in [6.07, 6.45) is 2.19. The number of hydrogen-bond acceptors (Lipinski definition) is 19. The number of fused-ring (bicyclic) bond motifs is 12. The van der Waals surface area contributed by atoms with Crippen LogP contribution in [0, 0.1) is 36.0 Å². The number of nitrogens with zero attached hydrogens (tertiary/aromatic N) is 6. The number of halogens is 1. The fourth-order valence-corrected chi connectivity index (χ4v) is 16.1. The number of ether oxygens (including phenoxy) is 4. The predicted molar refractivity (Wildman–Crippen MR) is 342 cm³/mol. The van der Waals surface area contributed by atoms with Crippen molar-refractivity contribution in [1.82, 2.24) is 46.9 Å². The molecule has 492 valence electrons. The molecule has 0 aliphatic carbocycles. The molecule has 9 aliphatic heterocycles. The number of amides is 12. The second-order valence-electron chi connectivity index (χ2n) is 26.0. The molecule has 6 fully saturated rings. The monoisotopic (exact) mass is 1290 g/mol. The third kappa shape index (κ3) is 10.8. The SMILES string of the molecule is COc1ccc(-c2ccc3c(c2)CC2(C(=O)NC(=O)NC2=O)[C@H]2[C@H](C)O[C@H](C)CN32)cn1.C[C@@H]1CN2c3ccc(-c4ccc(F)nc4)cc3CC3(C(=O)NC(=O)NC3=O)[C@H]2[C@H](C)O1.Cc1ccc(-c2ccc3c(c2)CC2(C(=O)NC(=O)NC2=O)[C@H]2[C@H](C)O[C@H](C)CN32)c(C)n1. The Kier molecular flexibility index (Phi) is 16.1. The Labute approximate surface area is 545 Å². The van der Waals surface area contributed by atoms with Gasteiger partial charge in [0, 0.05) is 83.2 Å². The summed E-state index contributed by atoms with van der Waals surface area (Å²) in [5.41, 5.74) is 8.11. The van der Waals surface area contributed by atoms with Gasteiger partial charge in [-0.1, -0.05) is 24.3 Å². The zero-order valence-corrected chi connectivity index (χ0v) is 53.6. The minimum absolute atomic E-state index is 0.0659. The number of carbonyl (C=O) groups excluding carboxylic acids is 9. The first-order valence-electron chi connectivity index (χ1n) is 31.6. The highest BCUT2D eigenvalue weighted by Crippen LogP contribution is 2.51. The Bertz CT molecular complexity index is 4170. The van der Waals surface area contributed by atoms with Gasteiger partial charge in [0.1, 0.15) is 0 Å². The van der Waals surface area contributed by atoms with Crippen LogP contribution in [-0.2, 0) is 62.2 Å². The van der Waals surface area contributed by atoms with Crippen molar-refractivity contribution in [1.29, 1.82) is 0 Å². The number of carbonyl (C=O) groups is 9. The average molecular weight is 1300 g/mol. The summed E-state index contributed by atoms with van der Waals surface area (Å²) in [7, 11) is 1.56. The number of morpholine rings is 3. The molecule has 0 unspecified atom stereocenters. The van der Waals surface area contributed by atoms with Gasteiger partial charge >= 0.3 is 18.1 Å². The summed E-state index contributed by atoms with van der Waals surface area (Å²) < 4.78 is 36.5. The van der Waals surface area contributed by atoms with Crippen molar-refractivity contribution in [2.24, 2.45) is 16.2 Å². The number of hydrogen-bond donors (Lipinski definition) is 6. The van der Waals surface area contributed by atoms with E-state index in [1.165, 1.54) is 12.3 Å². The number of pyridine rings is 3. The summed E-state index contributed by atoms with van der Waals surface area (Å²) in [5, 5.41) is 13.8. The van der Waals surface area contributed by atoms with Crippen molar-refractivity contribution in [3.63, 3.8) is 0 Å². The molecule has 0 radical (unpaired) electrons. The Balaban J connectivity index is 0.000000129. The number of barbiturate groups is 3. The van der Waals surface area contributed by atoms with E-state index in [2.05, 4.69) is 68.8 Å². The molecule has 6 N–H and O–H groups in total. The van der Waals surface area contributed by atoms with Crippen LogP contribution in [0.5, 0.6) is 5.88 Å². The van der Waals surface area contributed by atoms with Gasteiger partial charge in [0.25, 0.3) is 0 Å². The molecule has 12 amide bonds. The van der Waals surface area contributed by atoms with E-state index in [1.807, 2.05) is 121 Å². The first kappa shape index (κ1) is 63.7. The third-order valence-corrected chi connectivity index (χ3v) is 19.8. The van der Waals surface area contributed by atoms with E-state index in [9.17, 15) is 47.5 Å².